The third-order valence-electron chi connectivity index (χ3n) is 4.32. The van der Waals surface area contributed by atoms with Gasteiger partial charge in [0.05, 0.1) is 6.54 Å². The normalized spacial score (nSPS) is 21.6. The topological polar surface area (TPSA) is 35.6 Å². The van der Waals surface area contributed by atoms with Crippen LogP contribution in [0.2, 0.25) is 0 Å². The lowest BCUT2D eigenvalue weighted by Crippen LogP contribution is -2.47. The Balaban J connectivity index is 1.64. The lowest BCUT2D eigenvalue weighted by Gasteiger charge is -2.32. The minimum atomic E-state index is 0.293. The van der Waals surface area contributed by atoms with Crippen LogP contribution >= 0.6 is 0 Å². The molecule has 0 aromatic rings. The molecule has 2 rings (SSSR count). The number of piperidine rings is 1. The summed E-state index contributed by atoms with van der Waals surface area (Å²) in [6, 6.07) is 1.08. The van der Waals surface area contributed by atoms with E-state index in [4.69, 9.17) is 0 Å². The molecular formula is C15H29N3O. The number of carbonyl (C=O) groups excluding carboxylic acids is 1. The Morgan fingerprint density at radius 2 is 1.89 bits per heavy atom. The molecule has 0 aromatic carbocycles. The highest BCUT2D eigenvalue weighted by atomic mass is 16.2. The summed E-state index contributed by atoms with van der Waals surface area (Å²) in [6.45, 7) is 9.29. The minimum Gasteiger partial charge on any atom is -0.339 e. The number of hydrogen-bond donors (Lipinski definition) is 1. The van der Waals surface area contributed by atoms with E-state index in [1.807, 2.05) is 4.90 Å². The van der Waals surface area contributed by atoms with E-state index >= 15 is 0 Å². The van der Waals surface area contributed by atoms with Gasteiger partial charge in [0, 0.05) is 18.6 Å². The SMILES string of the molecule is CCCN1CCC(NCC(=O)N(CC)C2CC2)CC1. The van der Waals surface area contributed by atoms with Gasteiger partial charge in [-0.05, 0) is 58.7 Å². The van der Waals surface area contributed by atoms with Crippen LogP contribution in [0.4, 0.5) is 0 Å². The van der Waals surface area contributed by atoms with E-state index < -0.39 is 0 Å². The van der Waals surface area contributed by atoms with Gasteiger partial charge in [-0.2, -0.15) is 0 Å². The molecule has 0 radical (unpaired) electrons. The van der Waals surface area contributed by atoms with Gasteiger partial charge in [0.2, 0.25) is 5.91 Å². The lowest BCUT2D eigenvalue weighted by atomic mass is 10.0. The first-order valence-corrected chi connectivity index (χ1v) is 7.99. The lowest BCUT2D eigenvalue weighted by molar-refractivity contribution is -0.130. The molecule has 2 fully saturated rings. The second-order valence-corrected chi connectivity index (χ2v) is 5.91. The molecule has 1 amide bonds. The summed E-state index contributed by atoms with van der Waals surface area (Å²) in [6.07, 6.45) is 6.01. The molecule has 1 N–H and O–H groups in total. The molecule has 2 aliphatic rings. The second-order valence-electron chi connectivity index (χ2n) is 5.91. The smallest absolute Gasteiger partial charge is 0.236 e. The summed E-state index contributed by atoms with van der Waals surface area (Å²) in [5.41, 5.74) is 0. The van der Waals surface area contributed by atoms with Crippen molar-refractivity contribution in [3.8, 4) is 0 Å². The highest BCUT2D eigenvalue weighted by Gasteiger charge is 2.31. The third kappa shape index (κ3) is 4.46. The number of likely N-dealkylation sites (N-methyl/N-ethyl adjacent to an activating group) is 1. The minimum absolute atomic E-state index is 0.293. The van der Waals surface area contributed by atoms with Gasteiger partial charge in [-0.25, -0.2) is 0 Å². The van der Waals surface area contributed by atoms with Gasteiger partial charge in [-0.3, -0.25) is 4.79 Å². The highest BCUT2D eigenvalue weighted by Crippen LogP contribution is 2.26. The first-order chi connectivity index (χ1) is 9.24. The molecule has 0 aromatic heterocycles. The van der Waals surface area contributed by atoms with E-state index in [0.717, 1.165) is 6.54 Å². The van der Waals surface area contributed by atoms with Gasteiger partial charge in [0.25, 0.3) is 0 Å². The Hall–Kier alpha value is -0.610. The van der Waals surface area contributed by atoms with Crippen molar-refractivity contribution in [1.29, 1.82) is 0 Å². The fraction of sp³-hybridized carbons (Fsp3) is 0.933. The van der Waals surface area contributed by atoms with Crippen LogP contribution in [0.3, 0.4) is 0 Å². The predicted octanol–water partition coefficient (Wildman–Crippen LogP) is 1.46. The summed E-state index contributed by atoms with van der Waals surface area (Å²) in [5.74, 6) is 0.293. The van der Waals surface area contributed by atoms with Crippen molar-refractivity contribution in [1.82, 2.24) is 15.1 Å². The van der Waals surface area contributed by atoms with Gasteiger partial charge < -0.3 is 15.1 Å². The van der Waals surface area contributed by atoms with E-state index in [0.29, 0.717) is 24.5 Å². The van der Waals surface area contributed by atoms with Gasteiger partial charge in [-0.1, -0.05) is 6.92 Å². The van der Waals surface area contributed by atoms with Gasteiger partial charge in [0.15, 0.2) is 0 Å². The summed E-state index contributed by atoms with van der Waals surface area (Å²) in [4.78, 5) is 16.7. The maximum Gasteiger partial charge on any atom is 0.236 e. The van der Waals surface area contributed by atoms with E-state index in [-0.39, 0.29) is 0 Å². The first-order valence-electron chi connectivity index (χ1n) is 7.99. The highest BCUT2D eigenvalue weighted by molar-refractivity contribution is 5.78. The first kappa shape index (κ1) is 14.8. The van der Waals surface area contributed by atoms with Gasteiger partial charge >= 0.3 is 0 Å². The number of rotatable bonds is 7. The molecule has 1 aliphatic carbocycles. The monoisotopic (exact) mass is 267 g/mol. The molecule has 4 nitrogen and oxygen atoms in total. The standard InChI is InChI=1S/C15H29N3O/c1-3-9-17-10-7-13(8-11-17)16-12-15(19)18(4-2)14-5-6-14/h13-14,16H,3-12H2,1-2H3. The molecule has 0 unspecified atom stereocenters. The maximum atomic E-state index is 12.1. The summed E-state index contributed by atoms with van der Waals surface area (Å²) < 4.78 is 0. The Kier molecular flexibility index (Phi) is 5.64. The molecule has 19 heavy (non-hydrogen) atoms. The zero-order valence-corrected chi connectivity index (χ0v) is 12.5. The molecule has 0 bridgehead atoms. The van der Waals surface area contributed by atoms with Crippen molar-refractivity contribution >= 4 is 5.91 Å². The summed E-state index contributed by atoms with van der Waals surface area (Å²) in [7, 11) is 0. The Morgan fingerprint density at radius 1 is 1.21 bits per heavy atom. The number of carbonyl (C=O) groups is 1. The second kappa shape index (κ2) is 7.25. The van der Waals surface area contributed by atoms with Crippen LogP contribution < -0.4 is 5.32 Å². The largest absolute Gasteiger partial charge is 0.339 e. The number of hydrogen-bond acceptors (Lipinski definition) is 3. The van der Waals surface area contributed by atoms with Crippen LogP contribution in [0.1, 0.15) is 46.0 Å². The molecule has 4 heteroatoms. The quantitative estimate of drug-likeness (QED) is 0.758. The number of nitrogens with zero attached hydrogens (tertiary/aromatic N) is 2. The average molecular weight is 267 g/mol. The van der Waals surface area contributed by atoms with E-state index in [2.05, 4.69) is 24.1 Å². The van der Waals surface area contributed by atoms with E-state index in [1.165, 1.54) is 51.7 Å². The van der Waals surface area contributed by atoms with Crippen molar-refractivity contribution in [3.63, 3.8) is 0 Å². The van der Waals surface area contributed by atoms with E-state index in [1.54, 1.807) is 0 Å². The maximum absolute atomic E-state index is 12.1. The fourth-order valence-corrected chi connectivity index (χ4v) is 3.03. The molecule has 1 heterocycles. The molecule has 0 spiro atoms. The third-order valence-corrected chi connectivity index (χ3v) is 4.32. The molecule has 1 saturated heterocycles. The van der Waals surface area contributed by atoms with Crippen LogP contribution in [0.5, 0.6) is 0 Å². The van der Waals surface area contributed by atoms with Crippen molar-refractivity contribution in [2.75, 3.05) is 32.7 Å². The molecule has 1 aliphatic heterocycles. The summed E-state index contributed by atoms with van der Waals surface area (Å²) in [5, 5.41) is 3.46. The fourth-order valence-electron chi connectivity index (χ4n) is 3.03. The van der Waals surface area contributed by atoms with Crippen LogP contribution in [-0.2, 0) is 4.79 Å². The van der Waals surface area contributed by atoms with E-state index in [9.17, 15) is 4.79 Å². The van der Waals surface area contributed by atoms with Crippen molar-refractivity contribution in [2.45, 2.75) is 58.0 Å². The zero-order chi connectivity index (χ0) is 13.7. The Morgan fingerprint density at radius 3 is 2.42 bits per heavy atom. The summed E-state index contributed by atoms with van der Waals surface area (Å²) >= 11 is 0. The molecule has 1 saturated carbocycles. The van der Waals surface area contributed by atoms with Crippen LogP contribution in [-0.4, -0.2) is 60.5 Å². The van der Waals surface area contributed by atoms with Crippen LogP contribution in [0.15, 0.2) is 0 Å². The number of amides is 1. The van der Waals surface area contributed by atoms with Crippen molar-refractivity contribution < 1.29 is 4.79 Å². The Labute approximate surface area is 117 Å². The van der Waals surface area contributed by atoms with Crippen molar-refractivity contribution in [2.24, 2.45) is 0 Å². The van der Waals surface area contributed by atoms with Crippen LogP contribution in [0, 0.1) is 0 Å². The van der Waals surface area contributed by atoms with Crippen LogP contribution in [0.25, 0.3) is 0 Å². The zero-order valence-electron chi connectivity index (χ0n) is 12.5. The van der Waals surface area contributed by atoms with Gasteiger partial charge in [0.1, 0.15) is 0 Å². The number of nitrogens with one attached hydrogen (secondary N) is 1. The Bertz CT molecular complexity index is 283. The molecule has 0 atom stereocenters. The van der Waals surface area contributed by atoms with Gasteiger partial charge in [-0.15, -0.1) is 0 Å². The average Bonchev–Trinajstić information content (AvgIpc) is 3.24. The molecular weight excluding hydrogens is 238 g/mol. The predicted molar refractivity (Wildman–Crippen MR) is 78.2 cm³/mol. The van der Waals surface area contributed by atoms with Crippen molar-refractivity contribution in [3.05, 3.63) is 0 Å². The molecule has 110 valence electrons. The number of likely N-dealkylation sites (tertiary alicyclic amines) is 1.